The van der Waals surface area contributed by atoms with Crippen molar-refractivity contribution in [2.24, 2.45) is 0 Å². The van der Waals surface area contributed by atoms with Crippen LogP contribution in [0.3, 0.4) is 0 Å². The fourth-order valence-corrected chi connectivity index (χ4v) is 4.57. The topological polar surface area (TPSA) is 61.4 Å². The Labute approximate surface area is 177 Å². The van der Waals surface area contributed by atoms with Gasteiger partial charge in [-0.15, -0.1) is 0 Å². The third-order valence-corrected chi connectivity index (χ3v) is 6.40. The van der Waals surface area contributed by atoms with Crippen LogP contribution in [0.25, 0.3) is 0 Å². The van der Waals surface area contributed by atoms with Gasteiger partial charge in [-0.1, -0.05) is 12.1 Å². The lowest BCUT2D eigenvalue weighted by molar-refractivity contribution is -0.137. The van der Waals surface area contributed by atoms with E-state index in [-0.39, 0.29) is 17.8 Å². The van der Waals surface area contributed by atoms with Crippen molar-refractivity contribution in [3.05, 3.63) is 52.7 Å². The quantitative estimate of drug-likeness (QED) is 0.837. The number of nitrogens with one attached hydrogen (secondary N) is 1. The lowest BCUT2D eigenvalue weighted by atomic mass is 9.83. The molecular weight excluding hydrogens is 381 g/mol. The van der Waals surface area contributed by atoms with Gasteiger partial charge < -0.3 is 15.1 Å². The molecule has 0 radical (unpaired) electrons. The van der Waals surface area contributed by atoms with Gasteiger partial charge in [0.1, 0.15) is 11.6 Å². The fraction of sp³-hybridized carbons (Fsp3) is 0.522. The molecule has 1 N–H and O–H groups in total. The van der Waals surface area contributed by atoms with E-state index in [9.17, 15) is 9.18 Å². The van der Waals surface area contributed by atoms with Crippen LogP contribution < -0.4 is 5.32 Å². The number of anilines is 1. The molecule has 2 aromatic rings. The molecule has 1 atom stereocenters. The number of likely N-dealkylation sites (N-methyl/N-ethyl adjacent to an activating group) is 1. The van der Waals surface area contributed by atoms with Gasteiger partial charge in [0, 0.05) is 32.2 Å². The molecule has 1 fully saturated rings. The molecule has 6 nitrogen and oxygen atoms in total. The number of halogens is 1. The van der Waals surface area contributed by atoms with Crippen molar-refractivity contribution in [2.45, 2.75) is 51.1 Å². The number of hydrogen-bond acceptors (Lipinski definition) is 5. The van der Waals surface area contributed by atoms with Crippen molar-refractivity contribution in [1.29, 1.82) is 0 Å². The lowest BCUT2D eigenvalue weighted by Crippen LogP contribution is -2.43. The first-order chi connectivity index (χ1) is 14.3. The zero-order chi connectivity index (χ0) is 21.5. The van der Waals surface area contributed by atoms with Gasteiger partial charge in [0.05, 0.1) is 17.2 Å². The summed E-state index contributed by atoms with van der Waals surface area (Å²) in [7, 11) is 3.98. The van der Waals surface area contributed by atoms with Crippen molar-refractivity contribution in [1.82, 2.24) is 19.8 Å². The first-order valence-corrected chi connectivity index (χ1v) is 10.6. The molecule has 0 saturated carbocycles. The van der Waals surface area contributed by atoms with Gasteiger partial charge in [-0.3, -0.25) is 4.79 Å². The number of likely N-dealkylation sites (tertiary alicyclic amines) is 1. The van der Waals surface area contributed by atoms with Gasteiger partial charge >= 0.3 is 0 Å². The Balaban J connectivity index is 1.67. The zero-order valence-corrected chi connectivity index (χ0v) is 18.2. The van der Waals surface area contributed by atoms with Crippen molar-refractivity contribution in [3.63, 3.8) is 0 Å². The van der Waals surface area contributed by atoms with Crippen molar-refractivity contribution in [2.75, 3.05) is 32.5 Å². The Hall–Kier alpha value is -2.54. The molecule has 4 rings (SSSR count). The fourth-order valence-electron chi connectivity index (χ4n) is 4.57. The molecule has 1 saturated heterocycles. The van der Waals surface area contributed by atoms with Crippen molar-refractivity contribution in [3.8, 4) is 0 Å². The van der Waals surface area contributed by atoms with E-state index < -0.39 is 5.41 Å². The molecule has 1 aromatic heterocycles. The minimum Gasteiger partial charge on any atom is -0.373 e. The van der Waals surface area contributed by atoms with Crippen LogP contribution in [-0.2, 0) is 23.2 Å². The Bertz CT molecular complexity index is 961. The smallest absolute Gasteiger partial charge is 0.233 e. The molecule has 2 aliphatic rings. The van der Waals surface area contributed by atoms with Crippen LogP contribution in [0, 0.1) is 5.82 Å². The number of nitrogens with zero attached hydrogens (tertiary/aromatic N) is 4. The van der Waals surface area contributed by atoms with Gasteiger partial charge in [-0.25, -0.2) is 14.4 Å². The number of carbonyl (C=O) groups is 1. The molecule has 7 heteroatoms. The normalized spacial score (nSPS) is 19.6. The molecule has 30 heavy (non-hydrogen) atoms. The first kappa shape index (κ1) is 20.7. The summed E-state index contributed by atoms with van der Waals surface area (Å²) in [6, 6.07) is 6.17. The Morgan fingerprint density at radius 3 is 2.80 bits per heavy atom. The minimum atomic E-state index is -0.828. The molecule has 160 valence electrons. The summed E-state index contributed by atoms with van der Waals surface area (Å²) >= 11 is 0. The molecule has 1 amide bonds. The van der Waals surface area contributed by atoms with Crippen molar-refractivity contribution < 1.29 is 9.18 Å². The molecule has 3 heterocycles. The van der Waals surface area contributed by atoms with Gasteiger partial charge in [-0.2, -0.15) is 0 Å². The monoisotopic (exact) mass is 411 g/mol. The average Bonchev–Trinajstić information content (AvgIpc) is 3.21. The number of rotatable bonds is 4. The highest BCUT2D eigenvalue weighted by atomic mass is 19.1. The Kier molecular flexibility index (Phi) is 5.49. The summed E-state index contributed by atoms with van der Waals surface area (Å²) in [5.74, 6) is 1.23. The third kappa shape index (κ3) is 3.67. The van der Waals surface area contributed by atoms with Gasteiger partial charge in [0.25, 0.3) is 0 Å². The number of fused-ring (bicyclic) bond motifs is 1. The van der Waals surface area contributed by atoms with E-state index in [2.05, 4.69) is 17.3 Å². The number of benzene rings is 1. The molecule has 0 bridgehead atoms. The number of amides is 1. The highest BCUT2D eigenvalue weighted by molar-refractivity contribution is 5.88. The summed E-state index contributed by atoms with van der Waals surface area (Å²) in [6.45, 7) is 6.16. The molecular formula is C23H30FN5O. The average molecular weight is 412 g/mol. The van der Waals surface area contributed by atoms with Crippen LogP contribution in [0.2, 0.25) is 0 Å². The standard InChI is InChI=1S/C23H30FN5O/c1-23(2,15-7-5-8-16(24)13-15)22(30)29-11-6-9-19(29)21-26-18-14-28(4)12-10-17(18)20(25-3)27-21/h5,7-8,13,19H,6,9-12,14H2,1-4H3,(H,25,26,27)/t19-/m1/s1. The van der Waals surface area contributed by atoms with Crippen LogP contribution in [-0.4, -0.2) is 52.9 Å². The van der Waals surface area contributed by atoms with Gasteiger partial charge in [0.15, 0.2) is 5.82 Å². The summed E-state index contributed by atoms with van der Waals surface area (Å²) in [4.78, 5) is 27.5. The predicted molar refractivity (Wildman–Crippen MR) is 115 cm³/mol. The maximum Gasteiger partial charge on any atom is 0.233 e. The second kappa shape index (κ2) is 7.95. The maximum absolute atomic E-state index is 13.8. The second-order valence-electron chi connectivity index (χ2n) is 8.89. The Morgan fingerprint density at radius 2 is 2.07 bits per heavy atom. The lowest BCUT2D eigenvalue weighted by Gasteiger charge is -2.34. The largest absolute Gasteiger partial charge is 0.373 e. The van der Waals surface area contributed by atoms with E-state index in [0.717, 1.165) is 43.9 Å². The van der Waals surface area contributed by atoms with Crippen LogP contribution in [0.1, 0.15) is 55.4 Å². The van der Waals surface area contributed by atoms with E-state index >= 15 is 0 Å². The van der Waals surface area contributed by atoms with E-state index in [4.69, 9.17) is 9.97 Å². The number of aromatic nitrogens is 2. The van der Waals surface area contributed by atoms with E-state index in [1.54, 1.807) is 6.07 Å². The highest BCUT2D eigenvalue weighted by Gasteiger charge is 2.41. The van der Waals surface area contributed by atoms with Crippen LogP contribution in [0.15, 0.2) is 24.3 Å². The molecule has 0 unspecified atom stereocenters. The van der Waals surface area contributed by atoms with Crippen LogP contribution in [0.5, 0.6) is 0 Å². The summed E-state index contributed by atoms with van der Waals surface area (Å²) < 4.78 is 13.8. The first-order valence-electron chi connectivity index (χ1n) is 10.6. The van der Waals surface area contributed by atoms with Crippen LogP contribution in [0.4, 0.5) is 10.2 Å². The summed E-state index contributed by atoms with van der Waals surface area (Å²) in [5.41, 5.74) is 2.07. The number of carbonyl (C=O) groups excluding carboxylic acids is 1. The van der Waals surface area contributed by atoms with E-state index in [1.165, 1.54) is 17.7 Å². The third-order valence-electron chi connectivity index (χ3n) is 6.40. The molecule has 0 aliphatic carbocycles. The maximum atomic E-state index is 13.8. The van der Waals surface area contributed by atoms with E-state index in [1.807, 2.05) is 31.9 Å². The molecule has 1 aromatic carbocycles. The minimum absolute atomic E-state index is 0.0138. The molecule has 0 spiro atoms. The predicted octanol–water partition coefficient (Wildman–Crippen LogP) is 3.29. The highest BCUT2D eigenvalue weighted by Crippen LogP contribution is 2.37. The summed E-state index contributed by atoms with van der Waals surface area (Å²) in [6.07, 6.45) is 2.66. The Morgan fingerprint density at radius 1 is 1.27 bits per heavy atom. The van der Waals surface area contributed by atoms with E-state index in [0.29, 0.717) is 17.9 Å². The SMILES string of the molecule is CNc1nc([C@H]2CCCN2C(=O)C(C)(C)c2cccc(F)c2)nc2c1CCN(C)C2. The van der Waals surface area contributed by atoms with Gasteiger partial charge in [-0.05, 0) is 57.9 Å². The second-order valence-corrected chi connectivity index (χ2v) is 8.89. The van der Waals surface area contributed by atoms with Crippen molar-refractivity contribution >= 4 is 11.7 Å². The van der Waals surface area contributed by atoms with Crippen LogP contribution >= 0.6 is 0 Å². The summed E-state index contributed by atoms with van der Waals surface area (Å²) in [5, 5.41) is 3.23. The molecule has 2 aliphatic heterocycles. The number of hydrogen-bond donors (Lipinski definition) is 1. The zero-order valence-electron chi connectivity index (χ0n) is 18.2. The van der Waals surface area contributed by atoms with Gasteiger partial charge in [0.2, 0.25) is 5.91 Å².